The van der Waals surface area contributed by atoms with Crippen LogP contribution in [0.3, 0.4) is 0 Å². The number of rotatable bonds is 4. The first-order valence-electron chi connectivity index (χ1n) is 5.09. The normalized spacial score (nSPS) is 11.4. The first kappa shape index (κ1) is 15.7. The second-order valence-electron chi connectivity index (χ2n) is 3.93. The molecule has 0 aliphatic rings. The number of nitrogens with zero attached hydrogens (tertiary/aromatic N) is 1. The molecule has 106 valence electrons. The number of amides is 1. The van der Waals surface area contributed by atoms with Crippen molar-refractivity contribution in [2.45, 2.75) is 4.90 Å². The van der Waals surface area contributed by atoms with Gasteiger partial charge in [-0.1, -0.05) is 11.6 Å². The van der Waals surface area contributed by atoms with E-state index in [1.807, 2.05) is 4.72 Å². The van der Waals surface area contributed by atoms with E-state index in [1.54, 1.807) is 0 Å². The minimum Gasteiger partial charge on any atom is -0.399 e. The molecule has 0 fully saturated rings. The molecule has 0 aromatic heterocycles. The summed E-state index contributed by atoms with van der Waals surface area (Å²) in [6, 6.07) is 2.03. The lowest BCUT2D eigenvalue weighted by Crippen LogP contribution is -2.36. The minimum atomic E-state index is -4.20. The summed E-state index contributed by atoms with van der Waals surface area (Å²) >= 11 is 5.52. The molecular weight excluding hydrogens is 297 g/mol. The third kappa shape index (κ3) is 3.79. The highest BCUT2D eigenvalue weighted by atomic mass is 35.5. The van der Waals surface area contributed by atoms with Crippen molar-refractivity contribution in [3.63, 3.8) is 0 Å². The first-order valence-corrected chi connectivity index (χ1v) is 6.95. The standard InChI is InChI=1S/C10H13ClFN3O3S/c1-15(2)9(16)5-14-19(17,18)8-4-6(13)3-7(11)10(8)12/h3-4,14H,5,13H2,1-2H3. The summed E-state index contributed by atoms with van der Waals surface area (Å²) < 4.78 is 39.3. The molecule has 0 saturated carbocycles. The number of carbonyl (C=O) groups is 1. The third-order valence-corrected chi connectivity index (χ3v) is 3.89. The van der Waals surface area contributed by atoms with E-state index in [0.717, 1.165) is 12.1 Å². The zero-order valence-corrected chi connectivity index (χ0v) is 11.8. The number of nitrogens with one attached hydrogen (secondary N) is 1. The molecule has 0 unspecified atom stereocenters. The van der Waals surface area contributed by atoms with Gasteiger partial charge in [-0.3, -0.25) is 4.79 Å². The van der Waals surface area contributed by atoms with Crippen molar-refractivity contribution >= 4 is 33.2 Å². The van der Waals surface area contributed by atoms with Gasteiger partial charge in [0.05, 0.1) is 11.6 Å². The molecule has 0 spiro atoms. The van der Waals surface area contributed by atoms with Crippen LogP contribution in [-0.2, 0) is 14.8 Å². The van der Waals surface area contributed by atoms with Crippen LogP contribution in [0.15, 0.2) is 17.0 Å². The van der Waals surface area contributed by atoms with Crippen molar-refractivity contribution in [3.8, 4) is 0 Å². The second-order valence-corrected chi connectivity index (χ2v) is 6.07. The smallest absolute Gasteiger partial charge is 0.244 e. The van der Waals surface area contributed by atoms with Gasteiger partial charge >= 0.3 is 0 Å². The Morgan fingerprint density at radius 3 is 2.58 bits per heavy atom. The monoisotopic (exact) mass is 309 g/mol. The topological polar surface area (TPSA) is 92.5 Å². The predicted molar refractivity (Wildman–Crippen MR) is 69.7 cm³/mol. The maximum Gasteiger partial charge on any atom is 0.244 e. The van der Waals surface area contributed by atoms with Gasteiger partial charge < -0.3 is 10.6 Å². The van der Waals surface area contributed by atoms with Crippen molar-refractivity contribution in [2.75, 3.05) is 26.4 Å². The highest BCUT2D eigenvalue weighted by Crippen LogP contribution is 2.25. The number of hydrogen-bond donors (Lipinski definition) is 2. The average Bonchev–Trinajstić information content (AvgIpc) is 2.30. The largest absolute Gasteiger partial charge is 0.399 e. The Labute approximate surface area is 115 Å². The number of halogens is 2. The fourth-order valence-corrected chi connectivity index (χ4v) is 2.56. The van der Waals surface area contributed by atoms with Gasteiger partial charge in [0.1, 0.15) is 4.90 Å². The molecule has 0 radical (unpaired) electrons. The fourth-order valence-electron chi connectivity index (χ4n) is 1.17. The van der Waals surface area contributed by atoms with Crippen molar-refractivity contribution < 1.29 is 17.6 Å². The molecule has 0 aliphatic carbocycles. The third-order valence-electron chi connectivity index (χ3n) is 2.22. The summed E-state index contributed by atoms with van der Waals surface area (Å²) in [4.78, 5) is 11.8. The molecule has 0 bridgehead atoms. The lowest BCUT2D eigenvalue weighted by molar-refractivity contribution is -0.127. The van der Waals surface area contributed by atoms with E-state index in [9.17, 15) is 17.6 Å². The molecule has 0 atom stereocenters. The molecule has 1 aromatic rings. The molecule has 3 N–H and O–H groups in total. The number of carbonyl (C=O) groups excluding carboxylic acids is 1. The molecule has 19 heavy (non-hydrogen) atoms. The van der Waals surface area contributed by atoms with Gasteiger partial charge in [-0.05, 0) is 12.1 Å². The van der Waals surface area contributed by atoms with E-state index in [4.69, 9.17) is 17.3 Å². The minimum absolute atomic E-state index is 0.00529. The SMILES string of the molecule is CN(C)C(=O)CNS(=O)(=O)c1cc(N)cc(Cl)c1F. The van der Waals surface area contributed by atoms with E-state index in [2.05, 4.69) is 0 Å². The van der Waals surface area contributed by atoms with Crippen LogP contribution in [0.25, 0.3) is 0 Å². The zero-order valence-electron chi connectivity index (χ0n) is 10.3. The van der Waals surface area contributed by atoms with Crippen molar-refractivity contribution in [1.29, 1.82) is 0 Å². The maximum absolute atomic E-state index is 13.7. The zero-order chi connectivity index (χ0) is 14.8. The van der Waals surface area contributed by atoms with Crippen molar-refractivity contribution in [1.82, 2.24) is 9.62 Å². The summed E-state index contributed by atoms with van der Waals surface area (Å²) in [6.45, 7) is -0.485. The number of sulfonamides is 1. The second kappa shape index (κ2) is 5.72. The quantitative estimate of drug-likeness (QED) is 0.789. The molecule has 1 rings (SSSR count). The lowest BCUT2D eigenvalue weighted by Gasteiger charge is -2.12. The number of likely N-dealkylation sites (N-methyl/N-ethyl adjacent to an activating group) is 1. The van der Waals surface area contributed by atoms with Crippen LogP contribution in [0.2, 0.25) is 5.02 Å². The number of nitrogen functional groups attached to an aromatic ring is 1. The van der Waals surface area contributed by atoms with Gasteiger partial charge in [0, 0.05) is 19.8 Å². The number of hydrogen-bond acceptors (Lipinski definition) is 4. The Morgan fingerprint density at radius 1 is 1.47 bits per heavy atom. The lowest BCUT2D eigenvalue weighted by atomic mass is 10.3. The van der Waals surface area contributed by atoms with Gasteiger partial charge in [0.15, 0.2) is 5.82 Å². The highest BCUT2D eigenvalue weighted by Gasteiger charge is 2.22. The Hall–Kier alpha value is -1.38. The Kier molecular flexibility index (Phi) is 4.72. The van der Waals surface area contributed by atoms with Crippen molar-refractivity contribution in [3.05, 3.63) is 23.0 Å². The van der Waals surface area contributed by atoms with Crippen molar-refractivity contribution in [2.24, 2.45) is 0 Å². The van der Waals surface area contributed by atoms with Gasteiger partial charge in [0.2, 0.25) is 15.9 Å². The molecule has 1 aromatic carbocycles. The number of nitrogens with two attached hydrogens (primary N) is 1. The molecule has 0 aliphatic heterocycles. The Bertz CT molecular complexity index is 604. The summed E-state index contributed by atoms with van der Waals surface area (Å²) in [5.74, 6) is -1.58. The molecule has 0 heterocycles. The summed E-state index contributed by atoms with van der Waals surface area (Å²) in [5.41, 5.74) is 5.42. The number of benzene rings is 1. The fraction of sp³-hybridized carbons (Fsp3) is 0.300. The summed E-state index contributed by atoms with van der Waals surface area (Å²) in [6.07, 6.45) is 0. The van der Waals surface area contributed by atoms with E-state index < -0.39 is 38.2 Å². The molecule has 6 nitrogen and oxygen atoms in total. The van der Waals surface area contributed by atoms with E-state index in [1.165, 1.54) is 19.0 Å². The molecular formula is C10H13ClFN3O3S. The maximum atomic E-state index is 13.7. The molecule has 9 heteroatoms. The molecule has 1 amide bonds. The summed E-state index contributed by atoms with van der Waals surface area (Å²) in [7, 11) is -1.27. The predicted octanol–water partition coefficient (Wildman–Crippen LogP) is 0.428. The summed E-state index contributed by atoms with van der Waals surface area (Å²) in [5, 5.41) is -0.403. The van der Waals surface area contributed by atoms with Crippen LogP contribution in [0.1, 0.15) is 0 Å². The van der Waals surface area contributed by atoms with E-state index in [-0.39, 0.29) is 5.69 Å². The van der Waals surface area contributed by atoms with Crippen LogP contribution in [0.5, 0.6) is 0 Å². The highest BCUT2D eigenvalue weighted by molar-refractivity contribution is 7.89. The average molecular weight is 310 g/mol. The van der Waals surface area contributed by atoms with Gasteiger partial charge in [-0.25, -0.2) is 17.5 Å². The molecule has 0 saturated heterocycles. The Morgan fingerprint density at radius 2 is 2.05 bits per heavy atom. The van der Waals surface area contributed by atoms with Gasteiger partial charge in [0.25, 0.3) is 0 Å². The van der Waals surface area contributed by atoms with Crippen LogP contribution >= 0.6 is 11.6 Å². The van der Waals surface area contributed by atoms with Crippen LogP contribution < -0.4 is 10.5 Å². The van der Waals surface area contributed by atoms with Crippen LogP contribution in [0, 0.1) is 5.82 Å². The van der Waals surface area contributed by atoms with Gasteiger partial charge in [-0.2, -0.15) is 0 Å². The van der Waals surface area contributed by atoms with Gasteiger partial charge in [-0.15, -0.1) is 0 Å². The number of anilines is 1. The first-order chi connectivity index (χ1) is 8.65. The van der Waals surface area contributed by atoms with E-state index in [0.29, 0.717) is 0 Å². The van der Waals surface area contributed by atoms with Crippen LogP contribution in [0.4, 0.5) is 10.1 Å². The Balaban J connectivity index is 3.05. The van der Waals surface area contributed by atoms with E-state index >= 15 is 0 Å². The van der Waals surface area contributed by atoms with Crippen LogP contribution in [-0.4, -0.2) is 39.9 Å².